The minimum atomic E-state index is -3.65. The predicted octanol–water partition coefficient (Wildman–Crippen LogP) is 1.41. The van der Waals surface area contributed by atoms with E-state index in [-0.39, 0.29) is 29.9 Å². The van der Waals surface area contributed by atoms with E-state index in [1.807, 2.05) is 12.1 Å². The van der Waals surface area contributed by atoms with Crippen LogP contribution in [-0.2, 0) is 28.4 Å². The number of amides is 1. The Balaban J connectivity index is 1.32. The van der Waals surface area contributed by atoms with Gasteiger partial charge in [-0.05, 0) is 37.5 Å². The molecule has 0 aromatic carbocycles. The average Bonchev–Trinajstić information content (AvgIpc) is 3.35. The molecule has 11 heteroatoms. The van der Waals surface area contributed by atoms with Crippen LogP contribution in [0.3, 0.4) is 0 Å². The van der Waals surface area contributed by atoms with Crippen LogP contribution >= 0.6 is 0 Å². The van der Waals surface area contributed by atoms with E-state index in [4.69, 9.17) is 0 Å². The van der Waals surface area contributed by atoms with Crippen LogP contribution in [0.5, 0.6) is 0 Å². The van der Waals surface area contributed by atoms with Crippen molar-refractivity contribution in [2.45, 2.75) is 31.3 Å². The summed E-state index contributed by atoms with van der Waals surface area (Å²) >= 11 is 0. The van der Waals surface area contributed by atoms with Gasteiger partial charge in [-0.2, -0.15) is 9.40 Å². The maximum atomic E-state index is 12.8. The Bertz CT molecular complexity index is 1140. The van der Waals surface area contributed by atoms with Gasteiger partial charge in [0, 0.05) is 56.9 Å². The number of hydrogen-bond donors (Lipinski definition) is 1. The second-order valence-electron chi connectivity index (χ2n) is 7.66. The number of piperidine rings is 1. The van der Waals surface area contributed by atoms with E-state index in [0.717, 1.165) is 5.56 Å². The van der Waals surface area contributed by atoms with Crippen LogP contribution < -0.4 is 5.32 Å². The van der Waals surface area contributed by atoms with Gasteiger partial charge in [0.15, 0.2) is 10.8 Å². The highest BCUT2D eigenvalue weighted by Crippen LogP contribution is 2.24. The second-order valence-corrected chi connectivity index (χ2v) is 9.54. The van der Waals surface area contributed by atoms with Crippen molar-refractivity contribution in [3.8, 4) is 0 Å². The fourth-order valence-electron chi connectivity index (χ4n) is 3.56. The Morgan fingerprint density at radius 2 is 1.90 bits per heavy atom. The first-order chi connectivity index (χ1) is 14.8. The standard InChI is InChI=1S/C20H25N7O3S/c1-15-22-19(14-25(15)2)31(29,30)27-11-5-17(6-12-27)20(28)23-18-7-10-26(24-18)13-16-3-8-21-9-4-16/h3-4,7-10,14,17H,5-6,11-13H2,1-2H3,(H,23,24,28). The monoisotopic (exact) mass is 443 g/mol. The molecule has 1 aliphatic heterocycles. The first kappa shape index (κ1) is 21.2. The molecule has 0 aliphatic carbocycles. The Kier molecular flexibility index (Phi) is 5.88. The smallest absolute Gasteiger partial charge is 0.262 e. The molecular formula is C20H25N7O3S. The molecule has 0 saturated carbocycles. The molecule has 4 heterocycles. The summed E-state index contributed by atoms with van der Waals surface area (Å²) in [5, 5.41) is 7.29. The molecule has 31 heavy (non-hydrogen) atoms. The highest BCUT2D eigenvalue weighted by atomic mass is 32.2. The first-order valence-electron chi connectivity index (χ1n) is 10.1. The number of hydrogen-bond acceptors (Lipinski definition) is 6. The highest BCUT2D eigenvalue weighted by molar-refractivity contribution is 7.89. The summed E-state index contributed by atoms with van der Waals surface area (Å²) in [5.74, 6) is 0.719. The van der Waals surface area contributed by atoms with Crippen molar-refractivity contribution in [1.29, 1.82) is 0 Å². The maximum Gasteiger partial charge on any atom is 0.262 e. The van der Waals surface area contributed by atoms with Gasteiger partial charge in [0.25, 0.3) is 10.0 Å². The van der Waals surface area contributed by atoms with Crippen molar-refractivity contribution >= 4 is 21.7 Å². The van der Waals surface area contributed by atoms with Crippen molar-refractivity contribution in [3.05, 3.63) is 54.4 Å². The van der Waals surface area contributed by atoms with Gasteiger partial charge in [0.05, 0.1) is 6.54 Å². The molecule has 3 aromatic heterocycles. The minimum Gasteiger partial charge on any atom is -0.337 e. The zero-order valence-electron chi connectivity index (χ0n) is 17.5. The van der Waals surface area contributed by atoms with E-state index < -0.39 is 10.0 Å². The van der Waals surface area contributed by atoms with Crippen LogP contribution in [-0.4, -0.2) is 56.0 Å². The van der Waals surface area contributed by atoms with Crippen molar-refractivity contribution in [2.24, 2.45) is 13.0 Å². The Morgan fingerprint density at radius 1 is 1.19 bits per heavy atom. The third-order valence-electron chi connectivity index (χ3n) is 5.50. The molecule has 1 amide bonds. The Morgan fingerprint density at radius 3 is 2.55 bits per heavy atom. The summed E-state index contributed by atoms with van der Waals surface area (Å²) < 4.78 is 30.4. The van der Waals surface area contributed by atoms with E-state index in [9.17, 15) is 13.2 Å². The molecule has 4 rings (SSSR count). The molecule has 0 bridgehead atoms. The second kappa shape index (κ2) is 8.60. The van der Waals surface area contributed by atoms with E-state index in [1.54, 1.807) is 47.9 Å². The van der Waals surface area contributed by atoms with Gasteiger partial charge in [-0.1, -0.05) is 0 Å². The number of carbonyl (C=O) groups is 1. The number of aryl methyl sites for hydroxylation is 2. The molecule has 1 fully saturated rings. The van der Waals surface area contributed by atoms with Crippen LogP contribution in [0.2, 0.25) is 0 Å². The van der Waals surface area contributed by atoms with Gasteiger partial charge >= 0.3 is 0 Å². The van der Waals surface area contributed by atoms with Crippen LogP contribution in [0, 0.1) is 12.8 Å². The van der Waals surface area contributed by atoms with Crippen molar-refractivity contribution in [2.75, 3.05) is 18.4 Å². The van der Waals surface area contributed by atoms with Gasteiger partial charge in [-0.25, -0.2) is 13.4 Å². The zero-order chi connectivity index (χ0) is 22.0. The van der Waals surface area contributed by atoms with Crippen LogP contribution in [0.4, 0.5) is 5.82 Å². The van der Waals surface area contributed by atoms with Crippen LogP contribution in [0.15, 0.2) is 48.0 Å². The molecule has 1 saturated heterocycles. The number of aromatic nitrogens is 5. The number of sulfonamides is 1. The Labute approximate surface area is 181 Å². The molecule has 0 unspecified atom stereocenters. The number of carbonyl (C=O) groups excluding carboxylic acids is 1. The molecule has 164 valence electrons. The number of anilines is 1. The number of rotatable bonds is 6. The molecular weight excluding hydrogens is 418 g/mol. The van der Waals surface area contributed by atoms with Crippen LogP contribution in [0.25, 0.3) is 0 Å². The summed E-state index contributed by atoms with van der Waals surface area (Å²) in [6, 6.07) is 5.57. The van der Waals surface area contributed by atoms with Gasteiger partial charge in [-0.15, -0.1) is 0 Å². The zero-order valence-corrected chi connectivity index (χ0v) is 18.3. The lowest BCUT2D eigenvalue weighted by Gasteiger charge is -2.29. The molecule has 10 nitrogen and oxygen atoms in total. The van der Waals surface area contributed by atoms with Crippen molar-refractivity contribution < 1.29 is 13.2 Å². The minimum absolute atomic E-state index is 0.0511. The van der Waals surface area contributed by atoms with E-state index >= 15 is 0 Å². The molecule has 3 aromatic rings. The predicted molar refractivity (Wildman–Crippen MR) is 114 cm³/mol. The molecule has 0 spiro atoms. The molecule has 1 N–H and O–H groups in total. The first-order valence-corrected chi connectivity index (χ1v) is 11.5. The van der Waals surface area contributed by atoms with Gasteiger partial charge in [-0.3, -0.25) is 14.5 Å². The summed E-state index contributed by atoms with van der Waals surface area (Å²) in [6.07, 6.45) is 7.68. The summed E-state index contributed by atoms with van der Waals surface area (Å²) in [4.78, 5) is 20.8. The lowest BCUT2D eigenvalue weighted by atomic mass is 9.97. The quantitative estimate of drug-likeness (QED) is 0.616. The van der Waals surface area contributed by atoms with E-state index in [1.165, 1.54) is 10.5 Å². The molecule has 0 atom stereocenters. The average molecular weight is 444 g/mol. The van der Waals surface area contributed by atoms with Gasteiger partial charge in [0.2, 0.25) is 5.91 Å². The Hall–Kier alpha value is -3.05. The lowest BCUT2D eigenvalue weighted by molar-refractivity contribution is -0.120. The number of pyridine rings is 1. The summed E-state index contributed by atoms with van der Waals surface area (Å²) in [6.45, 7) is 2.91. The largest absolute Gasteiger partial charge is 0.337 e. The van der Waals surface area contributed by atoms with Gasteiger partial charge in [0.1, 0.15) is 5.82 Å². The van der Waals surface area contributed by atoms with Crippen molar-refractivity contribution in [1.82, 2.24) is 28.6 Å². The van der Waals surface area contributed by atoms with E-state index in [0.29, 0.717) is 31.0 Å². The fourth-order valence-corrected chi connectivity index (χ4v) is 5.06. The highest BCUT2D eigenvalue weighted by Gasteiger charge is 2.33. The molecule has 1 aliphatic rings. The summed E-state index contributed by atoms with van der Waals surface area (Å²) in [5.41, 5.74) is 1.06. The third-order valence-corrected chi connectivity index (χ3v) is 7.27. The maximum absolute atomic E-state index is 12.8. The number of imidazole rings is 1. The lowest BCUT2D eigenvalue weighted by Crippen LogP contribution is -2.41. The number of nitrogens with zero attached hydrogens (tertiary/aromatic N) is 6. The van der Waals surface area contributed by atoms with E-state index in [2.05, 4.69) is 20.4 Å². The third kappa shape index (κ3) is 4.67. The van der Waals surface area contributed by atoms with Crippen LogP contribution in [0.1, 0.15) is 24.2 Å². The van der Waals surface area contributed by atoms with Gasteiger partial charge < -0.3 is 9.88 Å². The van der Waals surface area contributed by atoms with Crippen molar-refractivity contribution in [3.63, 3.8) is 0 Å². The fraction of sp³-hybridized carbons (Fsp3) is 0.400. The topological polar surface area (TPSA) is 115 Å². The SMILES string of the molecule is Cc1nc(S(=O)(=O)N2CCC(C(=O)Nc3ccn(Cc4ccncc4)n3)CC2)cn1C. The summed E-state index contributed by atoms with van der Waals surface area (Å²) in [7, 11) is -1.89. The normalized spacial score (nSPS) is 15.8. The molecule has 0 radical (unpaired) electrons. The number of nitrogens with one attached hydrogen (secondary N) is 1.